The third-order valence-electron chi connectivity index (χ3n) is 3.37. The topological polar surface area (TPSA) is 65.5 Å². The molecule has 1 fully saturated rings. The second kappa shape index (κ2) is 6.31. The molecule has 0 radical (unpaired) electrons. The molecule has 1 amide bonds. The molecule has 2 rings (SSSR count). The number of hydrogen-bond donors (Lipinski definition) is 0. The maximum absolute atomic E-state index is 10.7. The molecular weight excluding hydrogens is 244 g/mol. The van der Waals surface area contributed by atoms with Crippen LogP contribution in [0.1, 0.15) is 13.8 Å². The molecule has 2 heterocycles. The van der Waals surface area contributed by atoms with E-state index in [0.717, 1.165) is 51.5 Å². The van der Waals surface area contributed by atoms with E-state index >= 15 is 0 Å². The summed E-state index contributed by atoms with van der Waals surface area (Å²) in [5, 5.41) is 8.12. The van der Waals surface area contributed by atoms with Gasteiger partial charge in [-0.15, -0.1) is 5.10 Å². The number of anilines is 2. The molecule has 19 heavy (non-hydrogen) atoms. The average molecular weight is 264 g/mol. The molecule has 1 saturated heterocycles. The minimum absolute atomic E-state index is 0.667. The highest BCUT2D eigenvalue weighted by Gasteiger charge is 2.18. The first-order valence-corrected chi connectivity index (χ1v) is 6.67. The van der Waals surface area contributed by atoms with Gasteiger partial charge < -0.3 is 14.7 Å². The van der Waals surface area contributed by atoms with Crippen LogP contribution >= 0.6 is 0 Å². The standard InChI is InChI=1S/C12H20N6O/c1-3-17(4-2)12-14-11(9-13-15-12)18-7-5-16(10-19)6-8-18/h9-10H,3-8H2,1-2H3. The molecule has 0 saturated carbocycles. The molecule has 1 aromatic rings. The van der Waals surface area contributed by atoms with E-state index in [9.17, 15) is 4.79 Å². The molecule has 1 aliphatic rings. The zero-order chi connectivity index (χ0) is 13.7. The zero-order valence-electron chi connectivity index (χ0n) is 11.5. The molecule has 0 N–H and O–H groups in total. The van der Waals surface area contributed by atoms with E-state index in [1.807, 2.05) is 0 Å². The van der Waals surface area contributed by atoms with Crippen LogP contribution in [0.2, 0.25) is 0 Å². The third-order valence-corrected chi connectivity index (χ3v) is 3.37. The normalized spacial score (nSPS) is 15.5. The molecule has 1 aliphatic heterocycles. The number of piperazine rings is 1. The number of carbonyl (C=O) groups is 1. The summed E-state index contributed by atoms with van der Waals surface area (Å²) in [5.74, 6) is 1.50. The monoisotopic (exact) mass is 264 g/mol. The molecule has 0 aliphatic carbocycles. The first-order chi connectivity index (χ1) is 9.28. The van der Waals surface area contributed by atoms with Crippen molar-refractivity contribution < 1.29 is 4.79 Å². The van der Waals surface area contributed by atoms with Crippen molar-refractivity contribution in [3.05, 3.63) is 6.20 Å². The van der Waals surface area contributed by atoms with Gasteiger partial charge in [0.05, 0.1) is 6.20 Å². The third kappa shape index (κ3) is 3.10. The Bertz CT molecular complexity index is 414. The number of amides is 1. The largest absolute Gasteiger partial charge is 0.352 e. The summed E-state index contributed by atoms with van der Waals surface area (Å²) < 4.78 is 0. The van der Waals surface area contributed by atoms with Crippen molar-refractivity contribution in [2.75, 3.05) is 49.1 Å². The van der Waals surface area contributed by atoms with Crippen molar-refractivity contribution in [1.82, 2.24) is 20.1 Å². The van der Waals surface area contributed by atoms with Crippen molar-refractivity contribution in [2.24, 2.45) is 0 Å². The van der Waals surface area contributed by atoms with Crippen LogP contribution in [0.25, 0.3) is 0 Å². The summed E-state index contributed by atoms with van der Waals surface area (Å²) >= 11 is 0. The maximum Gasteiger partial charge on any atom is 0.247 e. The molecule has 0 unspecified atom stereocenters. The fourth-order valence-corrected chi connectivity index (χ4v) is 2.14. The van der Waals surface area contributed by atoms with Crippen LogP contribution in [0.15, 0.2) is 6.20 Å². The average Bonchev–Trinajstić information content (AvgIpc) is 2.49. The van der Waals surface area contributed by atoms with Gasteiger partial charge >= 0.3 is 0 Å². The van der Waals surface area contributed by atoms with E-state index in [0.29, 0.717) is 5.95 Å². The highest BCUT2D eigenvalue weighted by Crippen LogP contribution is 2.15. The maximum atomic E-state index is 10.7. The van der Waals surface area contributed by atoms with Crippen molar-refractivity contribution in [2.45, 2.75) is 13.8 Å². The minimum Gasteiger partial charge on any atom is -0.352 e. The quantitative estimate of drug-likeness (QED) is 0.697. The Labute approximate surface area is 113 Å². The highest BCUT2D eigenvalue weighted by atomic mass is 16.1. The SMILES string of the molecule is CCN(CC)c1nncc(N2CCN(C=O)CC2)n1. The summed E-state index contributed by atoms with van der Waals surface area (Å²) in [5.41, 5.74) is 0. The summed E-state index contributed by atoms with van der Waals surface area (Å²) in [7, 11) is 0. The fourth-order valence-electron chi connectivity index (χ4n) is 2.14. The smallest absolute Gasteiger partial charge is 0.247 e. The summed E-state index contributed by atoms with van der Waals surface area (Å²) in [6.07, 6.45) is 2.58. The predicted molar refractivity (Wildman–Crippen MR) is 73.2 cm³/mol. The Balaban J connectivity index is 2.08. The van der Waals surface area contributed by atoms with Gasteiger partial charge in [-0.2, -0.15) is 10.1 Å². The molecule has 0 atom stereocenters. The van der Waals surface area contributed by atoms with Gasteiger partial charge in [0.2, 0.25) is 12.4 Å². The molecule has 7 heteroatoms. The summed E-state index contributed by atoms with van der Waals surface area (Å²) in [6.45, 7) is 8.90. The van der Waals surface area contributed by atoms with Crippen molar-refractivity contribution in [3.63, 3.8) is 0 Å². The lowest BCUT2D eigenvalue weighted by Crippen LogP contribution is -2.46. The minimum atomic E-state index is 0.667. The van der Waals surface area contributed by atoms with Crippen LogP contribution in [0, 0.1) is 0 Å². The summed E-state index contributed by atoms with van der Waals surface area (Å²) in [6, 6.07) is 0. The Morgan fingerprint density at radius 1 is 1.26 bits per heavy atom. The summed E-state index contributed by atoms with van der Waals surface area (Å²) in [4.78, 5) is 21.2. The van der Waals surface area contributed by atoms with Crippen LogP contribution in [-0.2, 0) is 4.79 Å². The Morgan fingerprint density at radius 3 is 2.53 bits per heavy atom. The van der Waals surface area contributed by atoms with E-state index in [1.54, 1.807) is 11.1 Å². The first kappa shape index (κ1) is 13.5. The van der Waals surface area contributed by atoms with Gasteiger partial charge in [0.15, 0.2) is 5.82 Å². The fraction of sp³-hybridized carbons (Fsp3) is 0.667. The number of nitrogens with zero attached hydrogens (tertiary/aromatic N) is 6. The first-order valence-electron chi connectivity index (χ1n) is 6.67. The van der Waals surface area contributed by atoms with E-state index in [2.05, 4.69) is 38.8 Å². The van der Waals surface area contributed by atoms with Gasteiger partial charge in [-0.05, 0) is 13.8 Å². The molecule has 0 spiro atoms. The van der Waals surface area contributed by atoms with Crippen LogP contribution in [0.3, 0.4) is 0 Å². The lowest BCUT2D eigenvalue weighted by Gasteiger charge is -2.33. The van der Waals surface area contributed by atoms with Crippen LogP contribution in [-0.4, -0.2) is 65.8 Å². The van der Waals surface area contributed by atoms with Crippen molar-refractivity contribution in [1.29, 1.82) is 0 Å². The number of rotatable bonds is 5. The van der Waals surface area contributed by atoms with Crippen LogP contribution in [0.5, 0.6) is 0 Å². The number of carbonyl (C=O) groups excluding carboxylic acids is 1. The Kier molecular flexibility index (Phi) is 4.48. The molecule has 0 bridgehead atoms. The second-order valence-electron chi connectivity index (χ2n) is 4.42. The Hall–Kier alpha value is -1.92. The molecule has 1 aromatic heterocycles. The van der Waals surface area contributed by atoms with E-state index in [-0.39, 0.29) is 0 Å². The number of aromatic nitrogens is 3. The second-order valence-corrected chi connectivity index (χ2v) is 4.42. The molecule has 104 valence electrons. The highest BCUT2D eigenvalue weighted by molar-refractivity contribution is 5.49. The molecular formula is C12H20N6O. The van der Waals surface area contributed by atoms with Crippen molar-refractivity contribution >= 4 is 18.2 Å². The lowest BCUT2D eigenvalue weighted by atomic mass is 10.3. The number of hydrogen-bond acceptors (Lipinski definition) is 6. The molecule has 0 aromatic carbocycles. The lowest BCUT2D eigenvalue weighted by molar-refractivity contribution is -0.118. The van der Waals surface area contributed by atoms with Gasteiger partial charge in [0.1, 0.15) is 0 Å². The Morgan fingerprint density at radius 2 is 1.95 bits per heavy atom. The van der Waals surface area contributed by atoms with Gasteiger partial charge in [0.25, 0.3) is 0 Å². The van der Waals surface area contributed by atoms with Crippen LogP contribution in [0.4, 0.5) is 11.8 Å². The van der Waals surface area contributed by atoms with E-state index in [4.69, 9.17) is 0 Å². The van der Waals surface area contributed by atoms with E-state index < -0.39 is 0 Å². The predicted octanol–water partition coefficient (Wildman–Crippen LogP) is -0.00380. The van der Waals surface area contributed by atoms with Crippen LogP contribution < -0.4 is 9.80 Å². The van der Waals surface area contributed by atoms with Gasteiger partial charge in [-0.3, -0.25) is 4.79 Å². The zero-order valence-corrected chi connectivity index (χ0v) is 11.5. The van der Waals surface area contributed by atoms with E-state index in [1.165, 1.54) is 0 Å². The van der Waals surface area contributed by atoms with Gasteiger partial charge in [-0.25, -0.2) is 0 Å². The van der Waals surface area contributed by atoms with Gasteiger partial charge in [-0.1, -0.05) is 0 Å². The molecule has 7 nitrogen and oxygen atoms in total. The van der Waals surface area contributed by atoms with Crippen molar-refractivity contribution in [3.8, 4) is 0 Å². The van der Waals surface area contributed by atoms with Gasteiger partial charge in [0, 0.05) is 39.3 Å².